The van der Waals surface area contributed by atoms with Gasteiger partial charge in [-0.25, -0.2) is 4.98 Å². The van der Waals surface area contributed by atoms with Gasteiger partial charge in [-0.1, -0.05) is 30.7 Å². The van der Waals surface area contributed by atoms with Crippen molar-refractivity contribution in [1.29, 1.82) is 0 Å². The minimum absolute atomic E-state index is 0.163. The van der Waals surface area contributed by atoms with Crippen molar-refractivity contribution < 1.29 is 9.00 Å². The molecule has 0 aliphatic heterocycles. The maximum Gasteiger partial charge on any atom is 0.258 e. The zero-order valence-electron chi connectivity index (χ0n) is 16.3. The third-order valence-electron chi connectivity index (χ3n) is 4.38. The van der Waals surface area contributed by atoms with Crippen LogP contribution in [0.1, 0.15) is 35.1 Å². The molecule has 1 atom stereocenters. The molecule has 0 saturated carbocycles. The highest BCUT2D eigenvalue weighted by atomic mass is 35.5. The molecule has 2 aromatic carbocycles. The highest BCUT2D eigenvalue weighted by Gasteiger charge is 2.18. The predicted molar refractivity (Wildman–Crippen MR) is 117 cm³/mol. The Morgan fingerprint density at radius 3 is 2.76 bits per heavy atom. The van der Waals surface area contributed by atoms with E-state index < -0.39 is 10.8 Å². The predicted octanol–water partition coefficient (Wildman–Crippen LogP) is 3.51. The number of aromatic amines is 1. The molecule has 0 radical (unpaired) electrons. The van der Waals surface area contributed by atoms with E-state index in [1.807, 2.05) is 13.0 Å². The van der Waals surface area contributed by atoms with Crippen LogP contribution in [0.2, 0.25) is 5.02 Å². The lowest BCUT2D eigenvalue weighted by atomic mass is 10.1. The van der Waals surface area contributed by atoms with E-state index in [1.54, 1.807) is 47.6 Å². The van der Waals surface area contributed by atoms with Gasteiger partial charge in [0.25, 0.3) is 11.5 Å². The summed E-state index contributed by atoms with van der Waals surface area (Å²) in [5.74, 6) is 0.636. The molecule has 1 aromatic heterocycles. The maximum absolute atomic E-state index is 13.1. The number of nitrogens with zero attached hydrogens (tertiary/aromatic N) is 2. The van der Waals surface area contributed by atoms with E-state index in [-0.39, 0.29) is 18.0 Å². The molecule has 152 valence electrons. The molecular weight excluding hydrogens is 410 g/mol. The lowest BCUT2D eigenvalue weighted by Crippen LogP contribution is -2.33. The van der Waals surface area contributed by atoms with Gasteiger partial charge in [-0.3, -0.25) is 13.8 Å². The van der Waals surface area contributed by atoms with Crippen LogP contribution in [0, 0.1) is 0 Å². The van der Waals surface area contributed by atoms with Crippen LogP contribution in [0.5, 0.6) is 0 Å². The molecule has 0 aliphatic rings. The van der Waals surface area contributed by atoms with Gasteiger partial charge in [0.15, 0.2) is 0 Å². The summed E-state index contributed by atoms with van der Waals surface area (Å²) in [7, 11) is -0.987. The number of benzene rings is 2. The van der Waals surface area contributed by atoms with Gasteiger partial charge in [-0.05, 0) is 42.3 Å². The fraction of sp³-hybridized carbons (Fsp3) is 0.286. The first kappa shape index (κ1) is 21.2. The number of carbonyl (C=O) groups excluding carboxylic acids is 1. The second-order valence-corrected chi connectivity index (χ2v) is 8.69. The highest BCUT2D eigenvalue weighted by molar-refractivity contribution is 7.83. The van der Waals surface area contributed by atoms with E-state index in [0.717, 1.165) is 12.0 Å². The van der Waals surface area contributed by atoms with Crippen LogP contribution < -0.4 is 5.56 Å². The van der Waals surface area contributed by atoms with Crippen molar-refractivity contribution in [3.63, 3.8) is 0 Å². The summed E-state index contributed by atoms with van der Waals surface area (Å²) in [5.41, 5.74) is 1.60. The number of carbonyl (C=O) groups is 1. The molecule has 0 aliphatic carbocycles. The van der Waals surface area contributed by atoms with Gasteiger partial charge in [0, 0.05) is 39.9 Å². The number of hydrogen-bond donors (Lipinski definition) is 1. The van der Waals surface area contributed by atoms with Crippen molar-refractivity contribution in [1.82, 2.24) is 14.9 Å². The minimum atomic E-state index is -0.987. The number of aromatic nitrogens is 2. The smallest absolute Gasteiger partial charge is 0.258 e. The third-order valence-corrected chi connectivity index (χ3v) is 5.36. The van der Waals surface area contributed by atoms with Crippen molar-refractivity contribution in [2.75, 3.05) is 12.8 Å². The molecule has 1 amide bonds. The minimum Gasteiger partial charge on any atom is -0.331 e. The largest absolute Gasteiger partial charge is 0.331 e. The summed E-state index contributed by atoms with van der Waals surface area (Å²) >= 11 is 6.02. The monoisotopic (exact) mass is 431 g/mol. The summed E-state index contributed by atoms with van der Waals surface area (Å²) in [6, 6.07) is 12.1. The van der Waals surface area contributed by atoms with Crippen LogP contribution in [0.3, 0.4) is 0 Å². The molecule has 8 heteroatoms. The molecule has 6 nitrogen and oxygen atoms in total. The first-order valence-corrected chi connectivity index (χ1v) is 11.3. The van der Waals surface area contributed by atoms with Crippen molar-refractivity contribution in [2.24, 2.45) is 0 Å². The second kappa shape index (κ2) is 9.33. The van der Waals surface area contributed by atoms with Crippen molar-refractivity contribution >= 4 is 39.2 Å². The van der Waals surface area contributed by atoms with Gasteiger partial charge < -0.3 is 9.88 Å². The van der Waals surface area contributed by atoms with E-state index >= 15 is 0 Å². The number of hydrogen-bond acceptors (Lipinski definition) is 4. The molecular formula is C21H22ClN3O3S. The number of fused-ring (bicyclic) bond motifs is 1. The first-order valence-electron chi connectivity index (χ1n) is 9.24. The zero-order valence-corrected chi connectivity index (χ0v) is 17.8. The Hall–Kier alpha value is -2.51. The van der Waals surface area contributed by atoms with Crippen LogP contribution in [0.25, 0.3) is 10.9 Å². The number of nitrogens with one attached hydrogen (secondary N) is 1. The number of H-pyrrole nitrogens is 1. The lowest BCUT2D eigenvalue weighted by molar-refractivity contribution is 0.0739. The normalized spacial score (nSPS) is 12.1. The SMILES string of the molecule is CCCN(Cc1nc2cc(Cl)ccc2c(=O)[nH]1)C(=O)c1cccc(CS(C)=O)c1. The molecule has 29 heavy (non-hydrogen) atoms. The molecule has 3 aromatic rings. The number of halogens is 1. The zero-order chi connectivity index (χ0) is 21.0. The Labute approximate surface area is 176 Å². The molecule has 3 rings (SSSR count). The standard InChI is InChI=1S/C21H22ClN3O3S/c1-3-9-25(21(27)15-6-4-5-14(10-15)13-29(2)28)12-19-23-18-11-16(22)7-8-17(18)20(26)24-19/h4-8,10-11H,3,9,12-13H2,1-2H3,(H,23,24,26). The van der Waals surface area contributed by atoms with Crippen LogP contribution >= 0.6 is 11.6 Å². The third kappa shape index (κ3) is 5.31. The average molecular weight is 432 g/mol. The summed E-state index contributed by atoms with van der Waals surface area (Å²) in [5, 5.41) is 0.944. The lowest BCUT2D eigenvalue weighted by Gasteiger charge is -2.22. The van der Waals surface area contributed by atoms with Crippen molar-refractivity contribution in [3.8, 4) is 0 Å². The topological polar surface area (TPSA) is 83.1 Å². The van der Waals surface area contributed by atoms with Gasteiger partial charge in [0.1, 0.15) is 5.82 Å². The van der Waals surface area contributed by atoms with Gasteiger partial charge >= 0.3 is 0 Å². The van der Waals surface area contributed by atoms with Crippen LogP contribution in [-0.4, -0.2) is 37.8 Å². The fourth-order valence-electron chi connectivity index (χ4n) is 3.15. The van der Waals surface area contributed by atoms with E-state index in [4.69, 9.17) is 11.6 Å². The Kier molecular flexibility index (Phi) is 6.82. The van der Waals surface area contributed by atoms with Gasteiger partial charge in [0.05, 0.1) is 17.4 Å². The highest BCUT2D eigenvalue weighted by Crippen LogP contribution is 2.16. The van der Waals surface area contributed by atoms with Gasteiger partial charge in [0.2, 0.25) is 0 Å². The Bertz CT molecular complexity index is 1130. The molecule has 0 fully saturated rings. The summed E-state index contributed by atoms with van der Waals surface area (Å²) in [4.78, 5) is 34.3. The van der Waals surface area contributed by atoms with Crippen LogP contribution in [0.15, 0.2) is 47.3 Å². The van der Waals surface area contributed by atoms with Gasteiger partial charge in [-0.2, -0.15) is 0 Å². The van der Waals surface area contributed by atoms with Crippen LogP contribution in [-0.2, 0) is 23.1 Å². The summed E-state index contributed by atoms with van der Waals surface area (Å²) in [6.07, 6.45) is 2.39. The molecule has 1 unspecified atom stereocenters. The Morgan fingerprint density at radius 1 is 1.24 bits per heavy atom. The first-order chi connectivity index (χ1) is 13.9. The molecule has 0 saturated heterocycles. The molecule has 0 bridgehead atoms. The number of amides is 1. The molecule has 1 heterocycles. The van der Waals surface area contributed by atoms with E-state index in [9.17, 15) is 13.8 Å². The second-order valence-electron chi connectivity index (χ2n) is 6.82. The Morgan fingerprint density at radius 2 is 2.03 bits per heavy atom. The Balaban J connectivity index is 1.90. The van der Waals surface area contributed by atoms with Gasteiger partial charge in [-0.15, -0.1) is 0 Å². The van der Waals surface area contributed by atoms with Crippen molar-refractivity contribution in [2.45, 2.75) is 25.6 Å². The van der Waals surface area contributed by atoms with E-state index in [0.29, 0.717) is 39.6 Å². The average Bonchev–Trinajstić information content (AvgIpc) is 2.66. The summed E-state index contributed by atoms with van der Waals surface area (Å²) in [6.45, 7) is 2.67. The van der Waals surface area contributed by atoms with Crippen molar-refractivity contribution in [3.05, 3.63) is 74.8 Å². The summed E-state index contributed by atoms with van der Waals surface area (Å²) < 4.78 is 11.5. The number of rotatable bonds is 7. The quantitative estimate of drug-likeness (QED) is 0.620. The maximum atomic E-state index is 13.1. The van der Waals surface area contributed by atoms with Crippen LogP contribution in [0.4, 0.5) is 0 Å². The fourth-order valence-corrected chi connectivity index (χ4v) is 3.97. The van der Waals surface area contributed by atoms with E-state index in [1.165, 1.54) is 0 Å². The molecule has 0 spiro atoms. The van der Waals surface area contributed by atoms with E-state index in [2.05, 4.69) is 9.97 Å². The molecule has 1 N–H and O–H groups in total.